The van der Waals surface area contributed by atoms with Crippen molar-refractivity contribution in [3.8, 4) is 0 Å². The Morgan fingerprint density at radius 1 is 0.857 bits per heavy atom. The molecule has 0 aliphatic heterocycles. The van der Waals surface area contributed by atoms with Crippen molar-refractivity contribution in [3.63, 3.8) is 0 Å². The molecule has 0 fully saturated rings. The largest absolute Gasteiger partial charge is 0.252 e. The molecule has 0 aromatic carbocycles. The fourth-order valence-corrected chi connectivity index (χ4v) is 5.09. The van der Waals surface area contributed by atoms with E-state index in [1.54, 1.807) is 0 Å². The highest BCUT2D eigenvalue weighted by Crippen LogP contribution is 2.27. The normalized spacial score (nSPS) is 13.7. The predicted molar refractivity (Wildman–Crippen MR) is 46.5 cm³/mol. The summed E-state index contributed by atoms with van der Waals surface area (Å²) < 4.78 is 0. The summed E-state index contributed by atoms with van der Waals surface area (Å²) in [5, 5.41) is 1.49. The van der Waals surface area contributed by atoms with Crippen LogP contribution in [-0.4, -0.2) is 30.1 Å². The smallest absolute Gasteiger partial charge is 0.00198 e. The first-order chi connectivity index (χ1) is 3.13. The lowest BCUT2D eigenvalue weighted by atomic mass is 11.8. The second-order valence-electron chi connectivity index (χ2n) is 2.30. The van der Waals surface area contributed by atoms with Gasteiger partial charge in [0.05, 0.1) is 0 Å². The van der Waals surface area contributed by atoms with Gasteiger partial charge < -0.3 is 0 Å². The van der Waals surface area contributed by atoms with Crippen LogP contribution in [0.2, 0.25) is 0 Å². The van der Waals surface area contributed by atoms with E-state index < -0.39 is 0 Å². The number of thiol groups is 2. The fourth-order valence-electron chi connectivity index (χ4n) is 0.566. The summed E-state index contributed by atoms with van der Waals surface area (Å²) in [7, 11) is 0.778. The third kappa shape index (κ3) is 6.70. The number of rotatable bonds is 2. The van der Waals surface area contributed by atoms with Crippen molar-refractivity contribution in [2.24, 2.45) is 0 Å². The maximum atomic E-state index is 2.34. The highest BCUT2D eigenvalue weighted by molar-refractivity contribution is 8.31. The third-order valence-corrected chi connectivity index (χ3v) is 5.09. The standard InChI is InChI=1S/C5H16S2/c1-6(2)5-7(3)4/h6-7H,5H2,1-4H3. The van der Waals surface area contributed by atoms with Gasteiger partial charge in [0.1, 0.15) is 0 Å². The van der Waals surface area contributed by atoms with Crippen molar-refractivity contribution < 1.29 is 0 Å². The van der Waals surface area contributed by atoms with Gasteiger partial charge in [0, 0.05) is 5.08 Å². The van der Waals surface area contributed by atoms with Crippen molar-refractivity contribution in [3.05, 3.63) is 0 Å². The van der Waals surface area contributed by atoms with Crippen LogP contribution < -0.4 is 0 Å². The second-order valence-corrected chi connectivity index (χ2v) is 7.75. The second kappa shape index (κ2) is 3.67. The van der Waals surface area contributed by atoms with Gasteiger partial charge in [-0.1, -0.05) is 0 Å². The van der Waals surface area contributed by atoms with E-state index in [1.165, 1.54) is 5.08 Å². The summed E-state index contributed by atoms with van der Waals surface area (Å²) >= 11 is 0. The first-order valence-corrected chi connectivity index (χ1v) is 7.26. The van der Waals surface area contributed by atoms with Gasteiger partial charge in [0.25, 0.3) is 0 Å². The lowest BCUT2D eigenvalue weighted by molar-refractivity contribution is 2.04. The van der Waals surface area contributed by atoms with E-state index in [0.29, 0.717) is 21.8 Å². The zero-order valence-electron chi connectivity index (χ0n) is 5.60. The Bertz CT molecular complexity index is 35.3. The van der Waals surface area contributed by atoms with Crippen LogP contribution >= 0.6 is 21.8 Å². The minimum absolute atomic E-state index is 0.389. The van der Waals surface area contributed by atoms with Crippen molar-refractivity contribution in [2.75, 3.05) is 30.1 Å². The van der Waals surface area contributed by atoms with Gasteiger partial charge in [-0.25, -0.2) is 0 Å². The molecule has 0 saturated carbocycles. The molecule has 0 saturated heterocycles. The molecule has 0 nitrogen and oxygen atoms in total. The highest BCUT2D eigenvalue weighted by atomic mass is 32.3. The van der Waals surface area contributed by atoms with Gasteiger partial charge >= 0.3 is 0 Å². The van der Waals surface area contributed by atoms with E-state index in [1.807, 2.05) is 0 Å². The predicted octanol–water partition coefficient (Wildman–Crippen LogP) is 1.47. The Balaban J connectivity index is 2.95. The van der Waals surface area contributed by atoms with Gasteiger partial charge in [-0.3, -0.25) is 21.8 Å². The molecule has 0 heterocycles. The van der Waals surface area contributed by atoms with Crippen LogP contribution in [0.4, 0.5) is 0 Å². The van der Waals surface area contributed by atoms with Crippen LogP contribution in [0, 0.1) is 0 Å². The first kappa shape index (κ1) is 7.70. The topological polar surface area (TPSA) is 0 Å². The SMILES string of the molecule is C[SH](C)C[SH](C)C. The highest BCUT2D eigenvalue weighted by Gasteiger charge is 1.87. The van der Waals surface area contributed by atoms with Gasteiger partial charge in [-0.05, 0) is 25.0 Å². The van der Waals surface area contributed by atoms with Gasteiger partial charge in [0.2, 0.25) is 0 Å². The van der Waals surface area contributed by atoms with Crippen LogP contribution in [0.5, 0.6) is 0 Å². The zero-order chi connectivity index (χ0) is 5.86. The molecule has 0 aromatic rings. The molecular weight excluding hydrogens is 124 g/mol. The Hall–Kier alpha value is 0.700. The number of hydrogen-bond acceptors (Lipinski definition) is 0. The molecule has 48 valence electrons. The van der Waals surface area contributed by atoms with E-state index in [4.69, 9.17) is 0 Å². The summed E-state index contributed by atoms with van der Waals surface area (Å²) in [5.74, 6) is 0. The molecule has 0 rings (SSSR count). The Labute approximate surface area is 52.4 Å². The van der Waals surface area contributed by atoms with E-state index in [2.05, 4.69) is 25.0 Å². The lowest BCUT2D eigenvalue weighted by Crippen LogP contribution is -1.82. The zero-order valence-corrected chi connectivity index (χ0v) is 7.39. The van der Waals surface area contributed by atoms with Gasteiger partial charge in [-0.2, -0.15) is 0 Å². The Morgan fingerprint density at radius 2 is 1.14 bits per heavy atom. The Morgan fingerprint density at radius 3 is 1.14 bits per heavy atom. The number of hydrogen-bond donors (Lipinski definition) is 2. The maximum Gasteiger partial charge on any atom is 0.00198 e. The summed E-state index contributed by atoms with van der Waals surface area (Å²) in [6, 6.07) is 0. The average molecular weight is 140 g/mol. The molecule has 0 N–H and O–H groups in total. The van der Waals surface area contributed by atoms with E-state index >= 15 is 0 Å². The molecule has 0 radical (unpaired) electrons. The van der Waals surface area contributed by atoms with Crippen LogP contribution in [0.15, 0.2) is 0 Å². The maximum absolute atomic E-state index is 2.34. The summed E-state index contributed by atoms with van der Waals surface area (Å²) in [6.07, 6.45) is 9.38. The molecule has 0 spiro atoms. The van der Waals surface area contributed by atoms with Crippen LogP contribution in [0.25, 0.3) is 0 Å². The van der Waals surface area contributed by atoms with Crippen molar-refractivity contribution >= 4 is 21.8 Å². The third-order valence-electron chi connectivity index (χ3n) is 0.566. The molecule has 2 heteroatoms. The molecule has 0 amide bonds. The minimum Gasteiger partial charge on any atom is -0.252 e. The fraction of sp³-hybridized carbons (Fsp3) is 1.00. The Kier molecular flexibility index (Phi) is 4.04. The first-order valence-electron chi connectivity index (χ1n) is 2.42. The molecule has 0 aromatic heterocycles. The van der Waals surface area contributed by atoms with Gasteiger partial charge in [0.15, 0.2) is 0 Å². The molecule has 0 bridgehead atoms. The summed E-state index contributed by atoms with van der Waals surface area (Å²) in [4.78, 5) is 0. The minimum atomic E-state index is 0.389. The van der Waals surface area contributed by atoms with E-state index in [9.17, 15) is 0 Å². The van der Waals surface area contributed by atoms with Crippen molar-refractivity contribution in [1.29, 1.82) is 0 Å². The van der Waals surface area contributed by atoms with Crippen molar-refractivity contribution in [2.45, 2.75) is 0 Å². The van der Waals surface area contributed by atoms with Crippen LogP contribution in [0.3, 0.4) is 0 Å². The molecule has 7 heavy (non-hydrogen) atoms. The molecule has 0 aliphatic carbocycles. The quantitative estimate of drug-likeness (QED) is 0.533. The van der Waals surface area contributed by atoms with Gasteiger partial charge in [-0.15, -0.1) is 0 Å². The summed E-state index contributed by atoms with van der Waals surface area (Å²) in [5.41, 5.74) is 0. The molecule has 0 unspecified atom stereocenters. The van der Waals surface area contributed by atoms with Crippen LogP contribution in [0.1, 0.15) is 0 Å². The average Bonchev–Trinajstić information content (AvgIpc) is 1.27. The van der Waals surface area contributed by atoms with Crippen LogP contribution in [-0.2, 0) is 0 Å². The molecule has 0 atom stereocenters. The molecule has 0 aliphatic rings. The summed E-state index contributed by atoms with van der Waals surface area (Å²) in [6.45, 7) is 0. The lowest BCUT2D eigenvalue weighted by Gasteiger charge is -2.14. The van der Waals surface area contributed by atoms with Crippen molar-refractivity contribution in [1.82, 2.24) is 0 Å². The molecular formula is C5H16S2. The van der Waals surface area contributed by atoms with E-state index in [-0.39, 0.29) is 0 Å². The monoisotopic (exact) mass is 140 g/mol. The van der Waals surface area contributed by atoms with E-state index in [0.717, 1.165) is 0 Å².